The zero-order valence-corrected chi connectivity index (χ0v) is 18.0. The van der Waals surface area contributed by atoms with Crippen LogP contribution in [0.4, 0.5) is 13.2 Å². The lowest BCUT2D eigenvalue weighted by Crippen LogP contribution is -2.72. The molecule has 0 bridgehead atoms. The highest BCUT2D eigenvalue weighted by molar-refractivity contribution is 7.89. The molecule has 1 atom stereocenters. The summed E-state index contributed by atoms with van der Waals surface area (Å²) >= 11 is 0. The van der Waals surface area contributed by atoms with Crippen LogP contribution in [0, 0.1) is 12.3 Å². The highest BCUT2D eigenvalue weighted by Crippen LogP contribution is 2.43. The number of likely N-dealkylation sites (tertiary alicyclic amines) is 1. The van der Waals surface area contributed by atoms with Crippen LogP contribution in [0.5, 0.6) is 0 Å². The topological polar surface area (TPSA) is 72.0 Å². The maximum absolute atomic E-state index is 12.8. The molecule has 1 aromatic rings. The monoisotopic (exact) mass is 449 g/mol. The minimum absolute atomic E-state index is 0.0629. The van der Waals surface area contributed by atoms with E-state index in [1.165, 1.54) is 11.2 Å². The van der Waals surface area contributed by atoms with Crippen molar-refractivity contribution in [2.75, 3.05) is 39.3 Å². The first-order chi connectivity index (χ1) is 13.8. The van der Waals surface area contributed by atoms with Gasteiger partial charge < -0.3 is 14.4 Å². The molecule has 30 heavy (non-hydrogen) atoms. The van der Waals surface area contributed by atoms with Gasteiger partial charge >= 0.3 is 6.18 Å². The average molecular weight is 449 g/mol. The van der Waals surface area contributed by atoms with E-state index < -0.39 is 27.7 Å². The van der Waals surface area contributed by atoms with Crippen LogP contribution in [0.15, 0.2) is 17.0 Å². The van der Waals surface area contributed by atoms with Crippen LogP contribution < -0.4 is 0 Å². The van der Waals surface area contributed by atoms with Gasteiger partial charge in [-0.05, 0) is 39.3 Å². The largest absolute Gasteiger partial charge is 0.433 e. The Labute approximate surface area is 174 Å². The third-order valence-corrected chi connectivity index (χ3v) is 7.85. The fourth-order valence-electron chi connectivity index (χ4n) is 4.48. The summed E-state index contributed by atoms with van der Waals surface area (Å²) in [5.41, 5.74) is -1.29. The average Bonchev–Trinajstić information content (AvgIpc) is 2.89. The quantitative estimate of drug-likeness (QED) is 0.687. The first kappa shape index (κ1) is 21.9. The lowest BCUT2D eigenvalue weighted by atomic mass is 9.74. The number of rotatable bonds is 5. The van der Waals surface area contributed by atoms with Gasteiger partial charge in [-0.25, -0.2) is 13.4 Å². The Kier molecular flexibility index (Phi) is 5.21. The minimum atomic E-state index is -4.60. The summed E-state index contributed by atoms with van der Waals surface area (Å²) < 4.78 is 76.7. The number of nitrogens with zero attached hydrogens (tertiary/aromatic N) is 3. The van der Waals surface area contributed by atoms with Crippen molar-refractivity contribution in [3.8, 4) is 0 Å². The predicted octanol–water partition coefficient (Wildman–Crippen LogP) is 2.26. The molecular formula is C19H26F3N3O4S. The summed E-state index contributed by atoms with van der Waals surface area (Å²) in [5.74, 6) is -0.533. The van der Waals surface area contributed by atoms with Gasteiger partial charge in [-0.15, -0.1) is 0 Å². The van der Waals surface area contributed by atoms with Crippen molar-refractivity contribution in [1.29, 1.82) is 0 Å². The van der Waals surface area contributed by atoms with Crippen molar-refractivity contribution >= 4 is 10.0 Å². The molecule has 11 heteroatoms. The van der Waals surface area contributed by atoms with Crippen molar-refractivity contribution in [3.63, 3.8) is 0 Å². The van der Waals surface area contributed by atoms with E-state index in [4.69, 9.17) is 9.47 Å². The normalized spacial score (nSPS) is 26.5. The molecule has 7 nitrogen and oxygen atoms in total. The summed E-state index contributed by atoms with van der Waals surface area (Å²) in [6.45, 7) is 8.88. The second-order valence-electron chi connectivity index (χ2n) is 9.00. The van der Waals surface area contributed by atoms with E-state index in [-0.39, 0.29) is 22.1 Å². The summed E-state index contributed by atoms with van der Waals surface area (Å²) in [6, 6.07) is 1.72. The number of hydrogen-bond donors (Lipinski definition) is 0. The fourth-order valence-corrected chi connectivity index (χ4v) is 6.31. The number of alkyl halides is 3. The van der Waals surface area contributed by atoms with Crippen molar-refractivity contribution < 1.29 is 31.1 Å². The number of sulfonamides is 1. The van der Waals surface area contributed by atoms with Crippen LogP contribution in [0.2, 0.25) is 0 Å². The highest BCUT2D eigenvalue weighted by Gasteiger charge is 2.55. The summed E-state index contributed by atoms with van der Waals surface area (Å²) in [6.07, 6.45) is -3.67. The van der Waals surface area contributed by atoms with Gasteiger partial charge in [0.15, 0.2) is 5.79 Å². The lowest BCUT2D eigenvalue weighted by Gasteiger charge is -2.59. The van der Waals surface area contributed by atoms with Gasteiger partial charge in [0.2, 0.25) is 10.0 Å². The number of aromatic nitrogens is 1. The van der Waals surface area contributed by atoms with Gasteiger partial charge in [0.05, 0.1) is 18.4 Å². The number of pyridine rings is 1. The molecule has 168 valence electrons. The van der Waals surface area contributed by atoms with Crippen molar-refractivity contribution in [2.24, 2.45) is 5.41 Å². The predicted molar refractivity (Wildman–Crippen MR) is 101 cm³/mol. The molecule has 4 rings (SSSR count). The molecule has 0 saturated carbocycles. The molecule has 0 amide bonds. The van der Waals surface area contributed by atoms with E-state index in [1.807, 2.05) is 13.8 Å². The zero-order chi connectivity index (χ0) is 21.9. The van der Waals surface area contributed by atoms with E-state index in [2.05, 4.69) is 9.88 Å². The molecule has 3 aliphatic heterocycles. The zero-order valence-electron chi connectivity index (χ0n) is 17.2. The molecule has 1 spiro atoms. The molecule has 0 aromatic carbocycles. The van der Waals surface area contributed by atoms with Crippen LogP contribution in [0.3, 0.4) is 0 Å². The number of ether oxygens (including phenoxy) is 2. The van der Waals surface area contributed by atoms with Gasteiger partial charge in [0, 0.05) is 38.1 Å². The van der Waals surface area contributed by atoms with E-state index >= 15 is 0 Å². The summed E-state index contributed by atoms with van der Waals surface area (Å²) in [7, 11) is -3.85. The van der Waals surface area contributed by atoms with Crippen LogP contribution in [-0.2, 0) is 25.7 Å². The van der Waals surface area contributed by atoms with Crippen LogP contribution in [0.25, 0.3) is 0 Å². The first-order valence-corrected chi connectivity index (χ1v) is 11.3. The van der Waals surface area contributed by atoms with Gasteiger partial charge in [0.25, 0.3) is 0 Å². The summed E-state index contributed by atoms with van der Waals surface area (Å²) in [4.78, 5) is 5.55. The van der Waals surface area contributed by atoms with E-state index in [0.29, 0.717) is 19.7 Å². The van der Waals surface area contributed by atoms with Gasteiger partial charge in [-0.2, -0.15) is 17.5 Å². The molecule has 0 aliphatic carbocycles. The fraction of sp³-hybridized carbons (Fsp3) is 0.737. The highest BCUT2D eigenvalue weighted by atomic mass is 32.2. The third kappa shape index (κ3) is 4.10. The molecule has 1 aromatic heterocycles. The van der Waals surface area contributed by atoms with Crippen LogP contribution in [0.1, 0.15) is 31.7 Å². The Hall–Kier alpha value is -1.27. The molecule has 0 N–H and O–H groups in total. The number of hydrogen-bond acceptors (Lipinski definition) is 6. The molecule has 3 fully saturated rings. The molecule has 3 aliphatic rings. The Bertz CT molecular complexity index is 921. The SMILES string of the molecule is Cc1nc(C(F)(F)F)ccc1S(=O)(=O)N1CC2(CN(CC[C@@H]3COC(C)(C)O3)C2)C1. The van der Waals surface area contributed by atoms with E-state index in [9.17, 15) is 21.6 Å². The molecule has 4 heterocycles. The number of halogens is 3. The number of aryl methyl sites for hydroxylation is 1. The summed E-state index contributed by atoms with van der Waals surface area (Å²) in [5, 5.41) is 0. The first-order valence-electron chi connectivity index (χ1n) is 9.89. The molecule has 0 unspecified atom stereocenters. The Morgan fingerprint density at radius 1 is 1.20 bits per heavy atom. The lowest BCUT2D eigenvalue weighted by molar-refractivity contribution is -0.142. The van der Waals surface area contributed by atoms with E-state index in [0.717, 1.165) is 38.2 Å². The smallest absolute Gasteiger partial charge is 0.348 e. The minimum Gasteiger partial charge on any atom is -0.348 e. The Morgan fingerprint density at radius 2 is 1.87 bits per heavy atom. The van der Waals surface area contributed by atoms with Gasteiger partial charge in [0.1, 0.15) is 10.6 Å². The Morgan fingerprint density at radius 3 is 2.40 bits per heavy atom. The standard InChI is InChI=1S/C19H26F3N3O4S/c1-13-15(4-5-16(23-13)19(20,21)22)30(26,27)25-11-18(12-25)9-24(10-18)7-6-14-8-28-17(2,3)29-14/h4-5,14H,6-12H2,1-3H3/t14-/m1/s1. The molecule has 3 saturated heterocycles. The third-order valence-electron chi connectivity index (χ3n) is 5.92. The molecular weight excluding hydrogens is 423 g/mol. The maximum Gasteiger partial charge on any atom is 0.433 e. The van der Waals surface area contributed by atoms with Crippen molar-refractivity contribution in [1.82, 2.24) is 14.2 Å². The second-order valence-corrected chi connectivity index (χ2v) is 10.9. The maximum atomic E-state index is 12.8. The molecule has 0 radical (unpaired) electrons. The van der Waals surface area contributed by atoms with Crippen LogP contribution in [-0.4, -0.2) is 73.8 Å². The van der Waals surface area contributed by atoms with E-state index in [1.54, 1.807) is 0 Å². The Balaban J connectivity index is 1.29. The van der Waals surface area contributed by atoms with Gasteiger partial charge in [-0.1, -0.05) is 0 Å². The second kappa shape index (κ2) is 7.13. The van der Waals surface area contributed by atoms with Crippen molar-refractivity contribution in [2.45, 2.75) is 50.2 Å². The van der Waals surface area contributed by atoms with Gasteiger partial charge in [-0.3, -0.25) is 0 Å². The van der Waals surface area contributed by atoms with Crippen LogP contribution >= 0.6 is 0 Å². The van der Waals surface area contributed by atoms with Crippen molar-refractivity contribution in [3.05, 3.63) is 23.5 Å².